The summed E-state index contributed by atoms with van der Waals surface area (Å²) in [4.78, 5) is 11.5. The minimum atomic E-state index is -0.254. The molecule has 0 aliphatic carbocycles. The monoisotopic (exact) mass is 223 g/mol. The van der Waals surface area contributed by atoms with Gasteiger partial charge in [0.05, 0.1) is 6.67 Å². The van der Waals surface area contributed by atoms with Crippen LogP contribution in [-0.2, 0) is 4.79 Å². The van der Waals surface area contributed by atoms with Crippen molar-refractivity contribution in [2.24, 2.45) is 0 Å². The zero-order chi connectivity index (χ0) is 11.6. The molecule has 1 amide bonds. The molecule has 0 aromatic heterocycles. The molecule has 88 valence electrons. The highest BCUT2D eigenvalue weighted by Crippen LogP contribution is 2.08. The molecule has 0 aliphatic rings. The first-order valence-corrected chi connectivity index (χ1v) is 5.74. The van der Waals surface area contributed by atoms with E-state index in [0.717, 1.165) is 24.9 Å². The Bertz CT molecular complexity index is 300. The number of carbonyl (C=O) groups is 1. The van der Waals surface area contributed by atoms with E-state index in [-0.39, 0.29) is 12.6 Å². The van der Waals surface area contributed by atoms with E-state index in [0.29, 0.717) is 12.8 Å². The van der Waals surface area contributed by atoms with E-state index >= 15 is 0 Å². The van der Waals surface area contributed by atoms with Crippen LogP contribution in [0.1, 0.15) is 32.1 Å². The fourth-order valence-electron chi connectivity index (χ4n) is 1.48. The van der Waals surface area contributed by atoms with Crippen LogP contribution in [0.15, 0.2) is 30.3 Å². The van der Waals surface area contributed by atoms with Crippen LogP contribution in [0.4, 0.5) is 10.1 Å². The van der Waals surface area contributed by atoms with Crippen LogP contribution in [-0.4, -0.2) is 12.6 Å². The van der Waals surface area contributed by atoms with Gasteiger partial charge < -0.3 is 5.32 Å². The van der Waals surface area contributed by atoms with Crippen molar-refractivity contribution in [1.29, 1.82) is 0 Å². The van der Waals surface area contributed by atoms with E-state index in [1.165, 1.54) is 0 Å². The van der Waals surface area contributed by atoms with Crippen molar-refractivity contribution < 1.29 is 9.18 Å². The van der Waals surface area contributed by atoms with Gasteiger partial charge in [0.2, 0.25) is 5.91 Å². The van der Waals surface area contributed by atoms with E-state index in [1.54, 1.807) is 0 Å². The number of alkyl halides is 1. The second-order valence-electron chi connectivity index (χ2n) is 3.77. The van der Waals surface area contributed by atoms with Crippen molar-refractivity contribution in [1.82, 2.24) is 0 Å². The van der Waals surface area contributed by atoms with Crippen molar-refractivity contribution in [3.05, 3.63) is 30.3 Å². The molecule has 0 spiro atoms. The summed E-state index contributed by atoms with van der Waals surface area (Å²) in [7, 11) is 0. The van der Waals surface area contributed by atoms with Crippen molar-refractivity contribution in [3.8, 4) is 0 Å². The standard InChI is InChI=1S/C13H18FNO/c14-11-7-2-1-6-10-13(16)15-12-8-4-3-5-9-12/h3-5,8-9H,1-2,6-7,10-11H2,(H,15,16). The first-order chi connectivity index (χ1) is 7.83. The Labute approximate surface area is 95.9 Å². The van der Waals surface area contributed by atoms with Gasteiger partial charge in [-0.3, -0.25) is 9.18 Å². The molecule has 0 heterocycles. The molecule has 1 aromatic carbocycles. The van der Waals surface area contributed by atoms with E-state index in [4.69, 9.17) is 0 Å². The van der Waals surface area contributed by atoms with Gasteiger partial charge in [0, 0.05) is 12.1 Å². The molecule has 0 bridgehead atoms. The summed E-state index contributed by atoms with van der Waals surface area (Å²) in [5.74, 6) is 0.0337. The number of hydrogen-bond donors (Lipinski definition) is 1. The van der Waals surface area contributed by atoms with Gasteiger partial charge in [0.15, 0.2) is 0 Å². The summed E-state index contributed by atoms with van der Waals surface area (Å²) in [6, 6.07) is 9.41. The molecule has 3 heteroatoms. The van der Waals surface area contributed by atoms with E-state index in [9.17, 15) is 9.18 Å². The smallest absolute Gasteiger partial charge is 0.224 e. The Hall–Kier alpha value is -1.38. The third-order valence-electron chi connectivity index (χ3n) is 2.35. The van der Waals surface area contributed by atoms with Crippen LogP contribution < -0.4 is 5.32 Å². The summed E-state index contributed by atoms with van der Waals surface area (Å²) in [5.41, 5.74) is 0.830. The molecule has 0 aliphatic heterocycles. The molecule has 2 nitrogen and oxygen atoms in total. The largest absolute Gasteiger partial charge is 0.326 e. The average Bonchev–Trinajstić information content (AvgIpc) is 2.30. The van der Waals surface area contributed by atoms with Gasteiger partial charge in [-0.25, -0.2) is 0 Å². The van der Waals surface area contributed by atoms with Crippen LogP contribution in [0.5, 0.6) is 0 Å². The zero-order valence-corrected chi connectivity index (χ0v) is 9.42. The second-order valence-corrected chi connectivity index (χ2v) is 3.77. The molecule has 0 fully saturated rings. The van der Waals surface area contributed by atoms with E-state index in [1.807, 2.05) is 30.3 Å². The Balaban J connectivity index is 2.12. The summed E-state index contributed by atoms with van der Waals surface area (Å²) >= 11 is 0. The van der Waals surface area contributed by atoms with Crippen molar-refractivity contribution in [2.75, 3.05) is 12.0 Å². The molecule has 1 N–H and O–H groups in total. The number of benzene rings is 1. The molecule has 1 rings (SSSR count). The fourth-order valence-corrected chi connectivity index (χ4v) is 1.48. The number of nitrogens with one attached hydrogen (secondary N) is 1. The van der Waals surface area contributed by atoms with Gasteiger partial charge in [-0.05, 0) is 25.0 Å². The highest BCUT2D eigenvalue weighted by atomic mass is 19.1. The van der Waals surface area contributed by atoms with E-state index < -0.39 is 0 Å². The number of hydrogen-bond acceptors (Lipinski definition) is 1. The molecule has 0 saturated heterocycles. The SMILES string of the molecule is O=C(CCCCCCF)Nc1ccccc1. The molecular formula is C13H18FNO. The highest BCUT2D eigenvalue weighted by molar-refractivity contribution is 5.90. The molecular weight excluding hydrogens is 205 g/mol. The van der Waals surface area contributed by atoms with Crippen LogP contribution in [0.25, 0.3) is 0 Å². The average molecular weight is 223 g/mol. The Kier molecular flexibility index (Phi) is 6.23. The molecule has 0 radical (unpaired) electrons. The Morgan fingerprint density at radius 1 is 1.06 bits per heavy atom. The molecule has 0 atom stereocenters. The predicted octanol–water partition coefficient (Wildman–Crippen LogP) is 3.55. The third-order valence-corrected chi connectivity index (χ3v) is 2.35. The maximum atomic E-state index is 11.8. The Morgan fingerprint density at radius 2 is 1.75 bits per heavy atom. The maximum absolute atomic E-state index is 11.8. The number of rotatable bonds is 7. The fraction of sp³-hybridized carbons (Fsp3) is 0.462. The topological polar surface area (TPSA) is 29.1 Å². The second kappa shape index (κ2) is 7.85. The minimum Gasteiger partial charge on any atom is -0.326 e. The molecule has 0 saturated carbocycles. The molecule has 1 aromatic rings. The lowest BCUT2D eigenvalue weighted by atomic mass is 10.1. The van der Waals surface area contributed by atoms with Gasteiger partial charge in [-0.1, -0.05) is 31.0 Å². The number of carbonyl (C=O) groups excluding carboxylic acids is 1. The number of anilines is 1. The molecule has 0 unspecified atom stereocenters. The minimum absolute atomic E-state index is 0.0337. The van der Waals surface area contributed by atoms with Crippen molar-refractivity contribution in [3.63, 3.8) is 0 Å². The van der Waals surface area contributed by atoms with Gasteiger partial charge in [0.1, 0.15) is 0 Å². The lowest BCUT2D eigenvalue weighted by Crippen LogP contribution is -2.10. The maximum Gasteiger partial charge on any atom is 0.224 e. The lowest BCUT2D eigenvalue weighted by molar-refractivity contribution is -0.116. The van der Waals surface area contributed by atoms with Gasteiger partial charge in [-0.2, -0.15) is 0 Å². The number of amides is 1. The quantitative estimate of drug-likeness (QED) is 0.704. The lowest BCUT2D eigenvalue weighted by Gasteiger charge is -2.04. The summed E-state index contributed by atoms with van der Waals surface area (Å²) in [6.07, 6.45) is 3.75. The highest BCUT2D eigenvalue weighted by Gasteiger charge is 2.01. The van der Waals surface area contributed by atoms with Gasteiger partial charge in [0.25, 0.3) is 0 Å². The predicted molar refractivity (Wildman–Crippen MR) is 64.1 cm³/mol. The zero-order valence-electron chi connectivity index (χ0n) is 9.42. The molecule has 16 heavy (non-hydrogen) atoms. The van der Waals surface area contributed by atoms with Crippen LogP contribution in [0.3, 0.4) is 0 Å². The van der Waals surface area contributed by atoms with Crippen LogP contribution >= 0.6 is 0 Å². The normalized spacial score (nSPS) is 10.1. The van der Waals surface area contributed by atoms with Crippen LogP contribution in [0.2, 0.25) is 0 Å². The van der Waals surface area contributed by atoms with Crippen LogP contribution in [0, 0.1) is 0 Å². The van der Waals surface area contributed by atoms with Crippen molar-refractivity contribution >= 4 is 11.6 Å². The van der Waals surface area contributed by atoms with Crippen molar-refractivity contribution in [2.45, 2.75) is 32.1 Å². The number of para-hydroxylation sites is 1. The first kappa shape index (κ1) is 12.7. The van der Waals surface area contributed by atoms with E-state index in [2.05, 4.69) is 5.32 Å². The van der Waals surface area contributed by atoms with Gasteiger partial charge in [-0.15, -0.1) is 0 Å². The summed E-state index contributed by atoms with van der Waals surface area (Å²) in [5, 5.41) is 2.82. The summed E-state index contributed by atoms with van der Waals surface area (Å²) < 4.78 is 11.8. The summed E-state index contributed by atoms with van der Waals surface area (Å²) in [6.45, 7) is -0.254. The first-order valence-electron chi connectivity index (χ1n) is 5.74. The number of unbranched alkanes of at least 4 members (excludes halogenated alkanes) is 3. The Morgan fingerprint density at radius 3 is 2.44 bits per heavy atom. The number of halogens is 1. The third kappa shape index (κ3) is 5.49. The van der Waals surface area contributed by atoms with Gasteiger partial charge >= 0.3 is 0 Å².